The summed E-state index contributed by atoms with van der Waals surface area (Å²) < 4.78 is 2.07. The van der Waals surface area contributed by atoms with Crippen molar-refractivity contribution in [3.05, 3.63) is 31.8 Å². The lowest BCUT2D eigenvalue weighted by Gasteiger charge is -2.01. The summed E-state index contributed by atoms with van der Waals surface area (Å²) in [6, 6.07) is 5.82. The summed E-state index contributed by atoms with van der Waals surface area (Å²) in [6.07, 6.45) is 0. The fraction of sp³-hybridized carbons (Fsp3) is 0.143. The van der Waals surface area contributed by atoms with Crippen LogP contribution in [-0.2, 0) is 11.5 Å². The molecule has 1 rings (SSSR count). The predicted molar refractivity (Wildman–Crippen MR) is 54.3 cm³/mol. The molecule has 0 amide bonds. The van der Waals surface area contributed by atoms with Gasteiger partial charge in [0.2, 0.25) is 0 Å². The molecule has 4 heteroatoms. The van der Waals surface area contributed by atoms with Gasteiger partial charge in [-0.15, -0.1) is 0 Å². The van der Waals surface area contributed by atoms with Crippen molar-refractivity contribution >= 4 is 38.5 Å². The summed E-state index contributed by atoms with van der Waals surface area (Å²) in [5.74, 6) is 0. The average molecular weight is 329 g/mol. The topological polar surface area (TPSA) is 29.5 Å². The van der Waals surface area contributed by atoms with Gasteiger partial charge in [0.15, 0.2) is 0 Å². The maximum Gasteiger partial charge on any atom is 0.108 e. The molecule has 0 radical (unpaired) electrons. The Labute approximate surface area is 86.8 Å². The largest absolute Gasteiger partial charge is 0.251 e. The second-order valence-electron chi connectivity index (χ2n) is 2.01. The lowest BCUT2D eigenvalue weighted by molar-refractivity contribution is -0.253. The molecule has 60 valence electrons. The van der Waals surface area contributed by atoms with Crippen LogP contribution in [0.1, 0.15) is 5.56 Å². The third-order valence-electron chi connectivity index (χ3n) is 1.23. The van der Waals surface area contributed by atoms with Crippen LogP contribution in [0.25, 0.3) is 0 Å². The summed E-state index contributed by atoms with van der Waals surface area (Å²) in [6.45, 7) is 0.234. The van der Waals surface area contributed by atoms with Crippen LogP contribution in [0.5, 0.6) is 0 Å². The first-order valence-corrected chi connectivity index (χ1v) is 4.81. The van der Waals surface area contributed by atoms with Crippen LogP contribution in [0.2, 0.25) is 0 Å². The highest BCUT2D eigenvalue weighted by Crippen LogP contribution is 2.18. The molecular formula is C7H6BrIO2. The van der Waals surface area contributed by atoms with Gasteiger partial charge >= 0.3 is 0 Å². The van der Waals surface area contributed by atoms with Crippen molar-refractivity contribution in [2.75, 3.05) is 0 Å². The fourth-order valence-electron chi connectivity index (χ4n) is 0.723. The molecule has 0 fully saturated rings. The van der Waals surface area contributed by atoms with E-state index in [1.54, 1.807) is 0 Å². The zero-order chi connectivity index (χ0) is 8.27. The van der Waals surface area contributed by atoms with Gasteiger partial charge in [-0.3, -0.25) is 5.26 Å². The number of hydrogen-bond donors (Lipinski definition) is 1. The van der Waals surface area contributed by atoms with Gasteiger partial charge in [0.05, 0.1) is 0 Å². The molecule has 0 saturated carbocycles. The summed E-state index contributed by atoms with van der Waals surface area (Å²) >= 11 is 5.51. The Morgan fingerprint density at radius 2 is 2.27 bits per heavy atom. The lowest BCUT2D eigenvalue weighted by Crippen LogP contribution is -1.91. The van der Waals surface area contributed by atoms with Crippen LogP contribution in [0, 0.1) is 3.57 Å². The van der Waals surface area contributed by atoms with Gasteiger partial charge in [-0.05, 0) is 46.4 Å². The summed E-state index contributed by atoms with van der Waals surface area (Å²) in [5.41, 5.74) is 0.975. The van der Waals surface area contributed by atoms with Crippen LogP contribution in [0.15, 0.2) is 22.7 Å². The Bertz CT molecular complexity index is 252. The first-order valence-electron chi connectivity index (χ1n) is 2.94. The minimum atomic E-state index is 0.234. The Kier molecular flexibility index (Phi) is 3.77. The second-order valence-corrected chi connectivity index (χ2v) is 4.09. The van der Waals surface area contributed by atoms with Gasteiger partial charge in [0.25, 0.3) is 0 Å². The van der Waals surface area contributed by atoms with Gasteiger partial charge in [-0.25, -0.2) is 4.89 Å². The molecule has 0 saturated heterocycles. The quantitative estimate of drug-likeness (QED) is 0.513. The Hall–Kier alpha value is 0.350. The molecule has 1 aromatic rings. The molecule has 0 unspecified atom stereocenters. The Morgan fingerprint density at radius 3 is 2.91 bits per heavy atom. The smallest absolute Gasteiger partial charge is 0.108 e. The van der Waals surface area contributed by atoms with Gasteiger partial charge in [0.1, 0.15) is 6.61 Å². The maximum absolute atomic E-state index is 8.22. The lowest BCUT2D eigenvalue weighted by atomic mass is 10.2. The van der Waals surface area contributed by atoms with Gasteiger partial charge < -0.3 is 0 Å². The third-order valence-corrected chi connectivity index (χ3v) is 2.77. The monoisotopic (exact) mass is 328 g/mol. The van der Waals surface area contributed by atoms with Gasteiger partial charge in [-0.1, -0.05) is 15.9 Å². The normalized spacial score (nSPS) is 10.1. The molecule has 0 spiro atoms. The zero-order valence-electron chi connectivity index (χ0n) is 5.55. The van der Waals surface area contributed by atoms with E-state index in [9.17, 15) is 0 Å². The standard InChI is InChI=1S/C7H6BrIO2/c8-6-1-2-7(9)5(3-6)4-11-10/h1-3,10H,4H2. The van der Waals surface area contributed by atoms with E-state index in [0.717, 1.165) is 13.6 Å². The van der Waals surface area contributed by atoms with E-state index in [1.807, 2.05) is 18.2 Å². The molecule has 0 aliphatic rings. The minimum absolute atomic E-state index is 0.234. The first kappa shape index (κ1) is 9.44. The number of rotatable bonds is 2. The minimum Gasteiger partial charge on any atom is -0.251 e. The van der Waals surface area contributed by atoms with E-state index in [0.29, 0.717) is 0 Å². The van der Waals surface area contributed by atoms with Gasteiger partial charge in [0, 0.05) is 8.04 Å². The molecule has 11 heavy (non-hydrogen) atoms. The highest BCUT2D eigenvalue weighted by atomic mass is 127. The maximum atomic E-state index is 8.22. The van der Waals surface area contributed by atoms with Crippen molar-refractivity contribution in [2.24, 2.45) is 0 Å². The average Bonchev–Trinajstić information content (AvgIpc) is 1.98. The van der Waals surface area contributed by atoms with Crippen molar-refractivity contribution in [3.8, 4) is 0 Å². The first-order chi connectivity index (χ1) is 5.24. The predicted octanol–water partition coefficient (Wildman–Crippen LogP) is 3.04. The third kappa shape index (κ3) is 2.70. The van der Waals surface area contributed by atoms with Crippen LogP contribution < -0.4 is 0 Å². The van der Waals surface area contributed by atoms with Crippen molar-refractivity contribution in [1.82, 2.24) is 0 Å². The van der Waals surface area contributed by atoms with Crippen LogP contribution in [0.4, 0.5) is 0 Å². The molecule has 2 nitrogen and oxygen atoms in total. The van der Waals surface area contributed by atoms with E-state index >= 15 is 0 Å². The SMILES string of the molecule is OOCc1cc(Br)ccc1I. The van der Waals surface area contributed by atoms with Crippen molar-refractivity contribution < 1.29 is 10.1 Å². The number of hydrogen-bond acceptors (Lipinski definition) is 2. The van der Waals surface area contributed by atoms with Crippen molar-refractivity contribution in [3.63, 3.8) is 0 Å². The number of halogens is 2. The highest BCUT2D eigenvalue weighted by Gasteiger charge is 1.99. The molecule has 0 aromatic heterocycles. The molecule has 1 N–H and O–H groups in total. The van der Waals surface area contributed by atoms with E-state index in [2.05, 4.69) is 43.4 Å². The van der Waals surface area contributed by atoms with Crippen LogP contribution in [-0.4, -0.2) is 5.26 Å². The zero-order valence-corrected chi connectivity index (χ0v) is 9.29. The fourth-order valence-corrected chi connectivity index (χ4v) is 1.62. The Balaban J connectivity index is 2.93. The van der Waals surface area contributed by atoms with Crippen LogP contribution in [0.3, 0.4) is 0 Å². The summed E-state index contributed by atoms with van der Waals surface area (Å²) in [5, 5.41) is 8.22. The molecule has 0 aliphatic carbocycles. The molecule has 0 bridgehead atoms. The van der Waals surface area contributed by atoms with E-state index in [-0.39, 0.29) is 6.61 Å². The van der Waals surface area contributed by atoms with Crippen LogP contribution >= 0.6 is 38.5 Å². The van der Waals surface area contributed by atoms with E-state index in [1.165, 1.54) is 0 Å². The number of benzene rings is 1. The summed E-state index contributed by atoms with van der Waals surface area (Å²) in [7, 11) is 0. The second kappa shape index (κ2) is 4.39. The molecule has 1 aromatic carbocycles. The highest BCUT2D eigenvalue weighted by molar-refractivity contribution is 14.1. The Morgan fingerprint density at radius 1 is 1.55 bits per heavy atom. The molecule has 0 aliphatic heterocycles. The molecular weight excluding hydrogens is 323 g/mol. The molecule has 0 atom stereocenters. The molecule has 0 heterocycles. The van der Waals surface area contributed by atoms with Crippen molar-refractivity contribution in [1.29, 1.82) is 0 Å². The van der Waals surface area contributed by atoms with Crippen molar-refractivity contribution in [2.45, 2.75) is 6.61 Å². The van der Waals surface area contributed by atoms with E-state index in [4.69, 9.17) is 5.26 Å². The van der Waals surface area contributed by atoms with E-state index < -0.39 is 0 Å². The van der Waals surface area contributed by atoms with Gasteiger partial charge in [-0.2, -0.15) is 0 Å². The summed E-state index contributed by atoms with van der Waals surface area (Å²) in [4.78, 5) is 4.04.